The molecule has 0 fully saturated rings. The van der Waals surface area contributed by atoms with Gasteiger partial charge in [-0.1, -0.05) is 46.1 Å². The Morgan fingerprint density at radius 2 is 1.94 bits per heavy atom. The van der Waals surface area contributed by atoms with Crippen LogP contribution in [0.2, 0.25) is 10.0 Å². The highest BCUT2D eigenvalue weighted by Crippen LogP contribution is 2.31. The summed E-state index contributed by atoms with van der Waals surface area (Å²) in [5.41, 5.74) is 4.59. The average molecular weight is 478 g/mol. The van der Waals surface area contributed by atoms with Crippen molar-refractivity contribution in [1.82, 2.24) is 24.7 Å². The Bertz CT molecular complexity index is 1510. The third kappa shape index (κ3) is 3.90. The van der Waals surface area contributed by atoms with E-state index in [2.05, 4.69) is 24.7 Å². The zero-order valence-electron chi connectivity index (χ0n) is 17.7. The summed E-state index contributed by atoms with van der Waals surface area (Å²) in [5.74, 6) is -0.222. The highest BCUT2D eigenvalue weighted by Gasteiger charge is 2.26. The van der Waals surface area contributed by atoms with Crippen molar-refractivity contribution in [3.63, 3.8) is 0 Å². The summed E-state index contributed by atoms with van der Waals surface area (Å²) in [6.45, 7) is 4.36. The Labute approximate surface area is 199 Å². The van der Waals surface area contributed by atoms with Crippen LogP contribution in [0.15, 0.2) is 59.5 Å². The molecule has 0 aliphatic heterocycles. The second-order valence-electron chi connectivity index (χ2n) is 7.65. The molecular weight excluding hydrogens is 461 g/mol. The molecule has 5 aromatic rings. The van der Waals surface area contributed by atoms with E-state index < -0.39 is 0 Å². The normalized spacial score (nSPS) is 11.3. The molecule has 0 atom stereocenters. The lowest BCUT2D eigenvalue weighted by Crippen LogP contribution is -2.07. The van der Waals surface area contributed by atoms with Crippen molar-refractivity contribution in [3.8, 4) is 11.5 Å². The van der Waals surface area contributed by atoms with Gasteiger partial charge in [0.05, 0.1) is 5.56 Å². The van der Waals surface area contributed by atoms with E-state index in [-0.39, 0.29) is 17.5 Å². The van der Waals surface area contributed by atoms with E-state index in [0.717, 1.165) is 27.7 Å². The summed E-state index contributed by atoms with van der Waals surface area (Å²) in [6, 6.07) is 13.0. The van der Waals surface area contributed by atoms with Gasteiger partial charge in [0.15, 0.2) is 0 Å². The van der Waals surface area contributed by atoms with Crippen LogP contribution < -0.4 is 0 Å². The lowest BCUT2D eigenvalue weighted by Gasteiger charge is -2.11. The molecule has 3 aromatic heterocycles. The van der Waals surface area contributed by atoms with E-state index in [0.29, 0.717) is 27.8 Å². The number of halogens is 2. The SMILES string of the molecule is Cc1ccc2c(c1)c(C(=O)c1nc(-c3ccncn3)no1)c(C)n2Cc1ccc(Cl)cc1Cl. The van der Waals surface area contributed by atoms with Gasteiger partial charge in [-0.15, -0.1) is 0 Å². The van der Waals surface area contributed by atoms with E-state index in [1.54, 1.807) is 24.4 Å². The van der Waals surface area contributed by atoms with E-state index in [9.17, 15) is 4.79 Å². The Morgan fingerprint density at radius 1 is 1.09 bits per heavy atom. The number of hydrogen-bond acceptors (Lipinski definition) is 6. The first kappa shape index (κ1) is 21.3. The zero-order chi connectivity index (χ0) is 23.1. The first-order valence-electron chi connectivity index (χ1n) is 10.1. The van der Waals surface area contributed by atoms with Crippen LogP contribution in [0.3, 0.4) is 0 Å². The molecule has 0 radical (unpaired) electrons. The van der Waals surface area contributed by atoms with E-state index in [1.165, 1.54) is 6.33 Å². The molecule has 33 heavy (non-hydrogen) atoms. The average Bonchev–Trinajstić information content (AvgIpc) is 3.39. The van der Waals surface area contributed by atoms with Crippen LogP contribution in [0, 0.1) is 13.8 Å². The number of nitrogens with zero attached hydrogens (tertiary/aromatic N) is 5. The summed E-state index contributed by atoms with van der Waals surface area (Å²) in [7, 11) is 0. The fourth-order valence-corrected chi connectivity index (χ4v) is 4.32. The maximum absolute atomic E-state index is 13.5. The quantitative estimate of drug-likeness (QED) is 0.302. The number of carbonyl (C=O) groups is 1. The molecule has 7 nitrogen and oxygen atoms in total. The van der Waals surface area contributed by atoms with Crippen molar-refractivity contribution >= 4 is 39.9 Å². The van der Waals surface area contributed by atoms with Gasteiger partial charge < -0.3 is 9.09 Å². The molecule has 0 aliphatic carbocycles. The molecule has 2 aromatic carbocycles. The lowest BCUT2D eigenvalue weighted by atomic mass is 10.0. The van der Waals surface area contributed by atoms with Crippen molar-refractivity contribution in [1.29, 1.82) is 0 Å². The van der Waals surface area contributed by atoms with Crippen LogP contribution in [0.1, 0.15) is 33.1 Å². The minimum absolute atomic E-state index is 0.100. The summed E-state index contributed by atoms with van der Waals surface area (Å²) in [6.07, 6.45) is 2.96. The Kier molecular flexibility index (Phi) is 5.44. The summed E-state index contributed by atoms with van der Waals surface area (Å²) >= 11 is 12.5. The molecule has 0 saturated carbocycles. The van der Waals surface area contributed by atoms with Gasteiger partial charge in [-0.25, -0.2) is 9.97 Å². The highest BCUT2D eigenvalue weighted by molar-refractivity contribution is 6.35. The van der Waals surface area contributed by atoms with Gasteiger partial charge in [-0.3, -0.25) is 4.79 Å². The Hall–Kier alpha value is -3.55. The van der Waals surface area contributed by atoms with Crippen LogP contribution in [0.5, 0.6) is 0 Å². The van der Waals surface area contributed by atoms with Crippen LogP contribution in [0.4, 0.5) is 0 Å². The molecular formula is C24H17Cl2N5O2. The lowest BCUT2D eigenvalue weighted by molar-refractivity contribution is 0.0994. The van der Waals surface area contributed by atoms with Crippen molar-refractivity contribution in [2.75, 3.05) is 0 Å². The number of carbonyl (C=O) groups excluding carboxylic acids is 1. The fraction of sp³-hybridized carbons (Fsp3) is 0.125. The van der Waals surface area contributed by atoms with Gasteiger partial charge in [0.1, 0.15) is 12.0 Å². The van der Waals surface area contributed by atoms with Gasteiger partial charge in [-0.2, -0.15) is 4.98 Å². The number of ketones is 1. The molecule has 164 valence electrons. The van der Waals surface area contributed by atoms with E-state index in [1.807, 2.05) is 38.1 Å². The number of benzene rings is 2. The number of hydrogen-bond donors (Lipinski definition) is 0. The number of aromatic nitrogens is 5. The number of aryl methyl sites for hydroxylation is 1. The summed E-state index contributed by atoms with van der Waals surface area (Å²) < 4.78 is 7.37. The first-order valence-corrected chi connectivity index (χ1v) is 10.9. The number of rotatable bonds is 5. The molecule has 3 heterocycles. The van der Waals surface area contributed by atoms with Crippen LogP contribution in [-0.2, 0) is 6.54 Å². The van der Waals surface area contributed by atoms with Crippen molar-refractivity contribution < 1.29 is 9.32 Å². The first-order chi connectivity index (χ1) is 15.9. The fourth-order valence-electron chi connectivity index (χ4n) is 3.86. The van der Waals surface area contributed by atoms with Gasteiger partial charge in [0, 0.05) is 39.4 Å². The van der Waals surface area contributed by atoms with Gasteiger partial charge >= 0.3 is 0 Å². The molecule has 0 aliphatic rings. The zero-order valence-corrected chi connectivity index (χ0v) is 19.2. The van der Waals surface area contributed by atoms with Gasteiger partial charge in [0.2, 0.25) is 5.82 Å². The van der Waals surface area contributed by atoms with Gasteiger partial charge in [0.25, 0.3) is 11.7 Å². The largest absolute Gasteiger partial charge is 0.340 e. The van der Waals surface area contributed by atoms with Crippen molar-refractivity contribution in [2.24, 2.45) is 0 Å². The Balaban J connectivity index is 1.61. The standard InChI is InChI=1S/C24H17Cl2N5O2/c1-13-3-6-20-17(9-13)21(14(2)31(20)11-15-4-5-16(25)10-18(15)26)22(32)24-29-23(30-33-24)19-7-8-27-12-28-19/h3-10,12H,11H2,1-2H3. The van der Waals surface area contributed by atoms with Crippen LogP contribution >= 0.6 is 23.2 Å². The molecule has 0 saturated heterocycles. The molecule has 0 bridgehead atoms. The van der Waals surface area contributed by atoms with E-state index >= 15 is 0 Å². The predicted molar refractivity (Wildman–Crippen MR) is 126 cm³/mol. The van der Waals surface area contributed by atoms with Gasteiger partial charge in [-0.05, 0) is 49.7 Å². The van der Waals surface area contributed by atoms with Crippen LogP contribution in [-0.4, -0.2) is 30.5 Å². The minimum Gasteiger partial charge on any atom is -0.340 e. The van der Waals surface area contributed by atoms with Crippen molar-refractivity contribution in [3.05, 3.63) is 93.3 Å². The number of fused-ring (bicyclic) bond motifs is 1. The smallest absolute Gasteiger partial charge is 0.299 e. The maximum Gasteiger partial charge on any atom is 0.299 e. The maximum atomic E-state index is 13.5. The Morgan fingerprint density at radius 3 is 2.70 bits per heavy atom. The third-order valence-electron chi connectivity index (χ3n) is 5.48. The topological polar surface area (TPSA) is 86.7 Å². The second-order valence-corrected chi connectivity index (χ2v) is 8.49. The molecule has 0 N–H and O–H groups in total. The van der Waals surface area contributed by atoms with E-state index in [4.69, 9.17) is 27.7 Å². The summed E-state index contributed by atoms with van der Waals surface area (Å²) in [4.78, 5) is 25.8. The molecule has 0 spiro atoms. The molecule has 0 amide bonds. The molecule has 0 unspecified atom stereocenters. The highest BCUT2D eigenvalue weighted by atomic mass is 35.5. The monoisotopic (exact) mass is 477 g/mol. The van der Waals surface area contributed by atoms with Crippen LogP contribution in [0.25, 0.3) is 22.4 Å². The molecule has 9 heteroatoms. The summed E-state index contributed by atoms with van der Waals surface area (Å²) in [5, 5.41) is 5.86. The second kappa shape index (κ2) is 8.42. The minimum atomic E-state index is -0.350. The predicted octanol–water partition coefficient (Wildman–Crippen LogP) is 5.68. The van der Waals surface area contributed by atoms with Crippen molar-refractivity contribution in [2.45, 2.75) is 20.4 Å². The third-order valence-corrected chi connectivity index (χ3v) is 6.07. The molecule has 5 rings (SSSR count).